The summed E-state index contributed by atoms with van der Waals surface area (Å²) in [5, 5.41) is 3.47. The molecule has 0 spiro atoms. The van der Waals surface area contributed by atoms with E-state index in [1.54, 1.807) is 0 Å². The lowest BCUT2D eigenvalue weighted by Crippen LogP contribution is -2.48. The summed E-state index contributed by atoms with van der Waals surface area (Å²) in [6.45, 7) is 15.5. The molecule has 0 bridgehead atoms. The molecule has 1 N–H and O–H groups in total. The predicted molar refractivity (Wildman–Crippen MR) is 89.4 cm³/mol. The van der Waals surface area contributed by atoms with Crippen LogP contribution in [0.25, 0.3) is 0 Å². The molecule has 21 heavy (non-hydrogen) atoms. The number of carbonyl (C=O) groups is 1. The highest BCUT2D eigenvalue weighted by Crippen LogP contribution is 2.13. The summed E-state index contributed by atoms with van der Waals surface area (Å²) in [6, 6.07) is 0.551. The van der Waals surface area contributed by atoms with E-state index >= 15 is 0 Å². The van der Waals surface area contributed by atoms with Gasteiger partial charge in [-0.3, -0.25) is 9.69 Å². The van der Waals surface area contributed by atoms with E-state index in [9.17, 15) is 4.79 Å². The van der Waals surface area contributed by atoms with Crippen LogP contribution in [0.3, 0.4) is 0 Å². The van der Waals surface area contributed by atoms with E-state index in [4.69, 9.17) is 0 Å². The van der Waals surface area contributed by atoms with Crippen LogP contribution in [0.5, 0.6) is 0 Å². The van der Waals surface area contributed by atoms with Gasteiger partial charge >= 0.3 is 0 Å². The van der Waals surface area contributed by atoms with Crippen LogP contribution in [0.15, 0.2) is 0 Å². The highest BCUT2D eigenvalue weighted by Gasteiger charge is 2.24. The minimum atomic E-state index is 0.275. The van der Waals surface area contributed by atoms with Crippen LogP contribution in [-0.2, 0) is 4.79 Å². The van der Waals surface area contributed by atoms with Crippen molar-refractivity contribution < 1.29 is 4.79 Å². The fourth-order valence-electron chi connectivity index (χ4n) is 3.44. The van der Waals surface area contributed by atoms with Gasteiger partial charge in [0.05, 0.1) is 6.54 Å². The molecule has 1 atom stereocenters. The topological polar surface area (TPSA) is 35.6 Å². The van der Waals surface area contributed by atoms with Gasteiger partial charge in [0.1, 0.15) is 0 Å². The van der Waals surface area contributed by atoms with Crippen molar-refractivity contribution in [2.75, 3.05) is 32.7 Å². The van der Waals surface area contributed by atoms with Crippen LogP contribution in [-0.4, -0.2) is 60.5 Å². The van der Waals surface area contributed by atoms with Crippen molar-refractivity contribution in [1.82, 2.24) is 15.1 Å². The Labute approximate surface area is 131 Å². The van der Waals surface area contributed by atoms with Crippen LogP contribution in [0.1, 0.15) is 53.9 Å². The zero-order chi connectivity index (χ0) is 15.8. The standard InChI is InChI=1S/C17H35N3O/c1-6-10-19(12-16-8-7-9-18-11-16)13-17(21)20(14(2)3)15(4)5/h14-16,18H,6-13H2,1-5H3. The van der Waals surface area contributed by atoms with Gasteiger partial charge in [0, 0.05) is 18.6 Å². The molecule has 4 heteroatoms. The smallest absolute Gasteiger partial charge is 0.237 e. The fourth-order valence-corrected chi connectivity index (χ4v) is 3.44. The molecule has 124 valence electrons. The number of hydrogen-bond donors (Lipinski definition) is 1. The van der Waals surface area contributed by atoms with E-state index < -0.39 is 0 Å². The molecule has 0 aromatic carbocycles. The van der Waals surface area contributed by atoms with Crippen molar-refractivity contribution in [1.29, 1.82) is 0 Å². The molecule has 1 fully saturated rings. The quantitative estimate of drug-likeness (QED) is 0.747. The SMILES string of the molecule is CCCN(CC(=O)N(C(C)C)C(C)C)CC1CCCNC1. The van der Waals surface area contributed by atoms with Gasteiger partial charge in [-0.1, -0.05) is 6.92 Å². The van der Waals surface area contributed by atoms with Gasteiger partial charge < -0.3 is 10.2 Å². The van der Waals surface area contributed by atoms with Gasteiger partial charge in [-0.2, -0.15) is 0 Å². The Balaban J connectivity index is 2.57. The molecule has 1 aliphatic rings. The second-order valence-electron chi connectivity index (χ2n) is 6.94. The Bertz CT molecular complexity index is 290. The monoisotopic (exact) mass is 297 g/mol. The molecule has 0 aromatic rings. The molecule has 1 aliphatic heterocycles. The Morgan fingerprint density at radius 2 is 1.90 bits per heavy atom. The van der Waals surface area contributed by atoms with Crippen molar-refractivity contribution in [3.05, 3.63) is 0 Å². The van der Waals surface area contributed by atoms with Gasteiger partial charge in [-0.15, -0.1) is 0 Å². The summed E-state index contributed by atoms with van der Waals surface area (Å²) in [4.78, 5) is 17.0. The third kappa shape index (κ3) is 6.35. The number of nitrogens with zero attached hydrogens (tertiary/aromatic N) is 2. The molecule has 4 nitrogen and oxygen atoms in total. The number of nitrogens with one attached hydrogen (secondary N) is 1. The van der Waals surface area contributed by atoms with E-state index in [0.29, 0.717) is 12.5 Å². The molecule has 1 heterocycles. The minimum Gasteiger partial charge on any atom is -0.337 e. The van der Waals surface area contributed by atoms with Gasteiger partial charge in [-0.05, 0) is 72.5 Å². The summed E-state index contributed by atoms with van der Waals surface area (Å²) in [7, 11) is 0. The molecule has 0 aromatic heterocycles. The number of piperidine rings is 1. The number of rotatable bonds is 8. The molecule has 0 radical (unpaired) electrons. The molecule has 1 saturated heterocycles. The summed E-state index contributed by atoms with van der Waals surface area (Å²) in [6.07, 6.45) is 3.67. The highest BCUT2D eigenvalue weighted by molar-refractivity contribution is 5.78. The summed E-state index contributed by atoms with van der Waals surface area (Å²) in [5.41, 5.74) is 0. The first-order chi connectivity index (χ1) is 9.95. The third-order valence-corrected chi connectivity index (χ3v) is 4.21. The Kier molecular flexibility index (Phi) is 8.27. The number of carbonyl (C=O) groups excluding carboxylic acids is 1. The van der Waals surface area contributed by atoms with Crippen molar-refractivity contribution in [3.8, 4) is 0 Å². The first kappa shape index (κ1) is 18.4. The lowest BCUT2D eigenvalue weighted by Gasteiger charge is -2.35. The van der Waals surface area contributed by atoms with E-state index in [-0.39, 0.29) is 18.0 Å². The van der Waals surface area contributed by atoms with Crippen molar-refractivity contribution in [3.63, 3.8) is 0 Å². The van der Waals surface area contributed by atoms with E-state index in [0.717, 1.165) is 32.6 Å². The van der Waals surface area contributed by atoms with Crippen LogP contribution in [0.4, 0.5) is 0 Å². The number of amides is 1. The molecule has 1 amide bonds. The highest BCUT2D eigenvalue weighted by atomic mass is 16.2. The Morgan fingerprint density at radius 1 is 1.24 bits per heavy atom. The maximum atomic E-state index is 12.6. The van der Waals surface area contributed by atoms with Gasteiger partial charge in [0.15, 0.2) is 0 Å². The average Bonchev–Trinajstić information content (AvgIpc) is 2.39. The van der Waals surface area contributed by atoms with E-state index in [1.165, 1.54) is 12.8 Å². The Hall–Kier alpha value is -0.610. The average molecular weight is 297 g/mol. The second-order valence-corrected chi connectivity index (χ2v) is 6.94. The molecular weight excluding hydrogens is 262 g/mol. The molecule has 1 unspecified atom stereocenters. The molecule has 0 saturated carbocycles. The molecule has 0 aliphatic carbocycles. The van der Waals surface area contributed by atoms with Crippen LogP contribution in [0, 0.1) is 5.92 Å². The largest absolute Gasteiger partial charge is 0.337 e. The predicted octanol–water partition coefficient (Wildman–Crippen LogP) is 2.34. The van der Waals surface area contributed by atoms with Crippen LogP contribution >= 0.6 is 0 Å². The summed E-state index contributed by atoms with van der Waals surface area (Å²) < 4.78 is 0. The van der Waals surface area contributed by atoms with E-state index in [1.807, 2.05) is 4.90 Å². The normalized spacial score (nSPS) is 19.5. The summed E-state index contributed by atoms with van der Waals surface area (Å²) in [5.74, 6) is 0.974. The van der Waals surface area contributed by atoms with Crippen LogP contribution < -0.4 is 5.32 Å². The molecular formula is C17H35N3O. The zero-order valence-electron chi connectivity index (χ0n) is 14.7. The zero-order valence-corrected chi connectivity index (χ0v) is 14.7. The first-order valence-electron chi connectivity index (χ1n) is 8.69. The van der Waals surface area contributed by atoms with Crippen molar-refractivity contribution in [2.24, 2.45) is 5.92 Å². The second kappa shape index (κ2) is 9.42. The van der Waals surface area contributed by atoms with Gasteiger partial charge in [-0.25, -0.2) is 0 Å². The van der Waals surface area contributed by atoms with E-state index in [2.05, 4.69) is 44.8 Å². The lowest BCUT2D eigenvalue weighted by molar-refractivity contribution is -0.136. The van der Waals surface area contributed by atoms with Crippen molar-refractivity contribution in [2.45, 2.75) is 66.0 Å². The maximum Gasteiger partial charge on any atom is 0.237 e. The molecule has 1 rings (SSSR count). The lowest BCUT2D eigenvalue weighted by atomic mass is 9.99. The summed E-state index contributed by atoms with van der Waals surface area (Å²) >= 11 is 0. The fraction of sp³-hybridized carbons (Fsp3) is 0.941. The minimum absolute atomic E-state index is 0.275. The van der Waals surface area contributed by atoms with Gasteiger partial charge in [0.2, 0.25) is 5.91 Å². The van der Waals surface area contributed by atoms with Gasteiger partial charge in [0.25, 0.3) is 0 Å². The maximum absolute atomic E-state index is 12.6. The van der Waals surface area contributed by atoms with Crippen LogP contribution in [0.2, 0.25) is 0 Å². The first-order valence-corrected chi connectivity index (χ1v) is 8.69. The van der Waals surface area contributed by atoms with Crippen molar-refractivity contribution >= 4 is 5.91 Å². The number of hydrogen-bond acceptors (Lipinski definition) is 3. The third-order valence-electron chi connectivity index (χ3n) is 4.21. The Morgan fingerprint density at radius 3 is 2.38 bits per heavy atom.